The molecule has 1 saturated heterocycles. The van der Waals surface area contributed by atoms with Crippen LogP contribution in [0.5, 0.6) is 0 Å². The van der Waals surface area contributed by atoms with Gasteiger partial charge in [-0.15, -0.1) is 0 Å². The Bertz CT molecular complexity index is 1150. The van der Waals surface area contributed by atoms with Crippen LogP contribution in [0.3, 0.4) is 0 Å². The van der Waals surface area contributed by atoms with Crippen molar-refractivity contribution in [3.05, 3.63) is 64.4 Å². The van der Waals surface area contributed by atoms with Crippen molar-refractivity contribution in [2.45, 2.75) is 64.7 Å². The summed E-state index contributed by atoms with van der Waals surface area (Å²) in [5, 5.41) is 11.0. The van der Waals surface area contributed by atoms with E-state index in [0.717, 1.165) is 78.4 Å². The second-order valence-electron chi connectivity index (χ2n) is 9.40. The number of piperidine rings is 1. The van der Waals surface area contributed by atoms with Crippen LogP contribution >= 0.6 is 0 Å². The molecule has 2 aliphatic rings. The molecule has 0 radical (unpaired) electrons. The van der Waals surface area contributed by atoms with Gasteiger partial charge in [-0.3, -0.25) is 14.9 Å². The van der Waals surface area contributed by atoms with Gasteiger partial charge in [0.25, 0.3) is 5.91 Å². The third-order valence-corrected chi connectivity index (χ3v) is 6.88. The molecule has 172 valence electrons. The predicted octanol–water partition coefficient (Wildman–Crippen LogP) is 4.85. The number of aromatic nitrogens is 4. The summed E-state index contributed by atoms with van der Waals surface area (Å²) in [6.07, 6.45) is 9.26. The van der Waals surface area contributed by atoms with Gasteiger partial charge in [0, 0.05) is 53.5 Å². The molecular formula is C26H32N6O. The van der Waals surface area contributed by atoms with Crippen molar-refractivity contribution in [3.63, 3.8) is 0 Å². The van der Waals surface area contributed by atoms with Crippen LogP contribution in [0, 0.1) is 13.8 Å². The maximum atomic E-state index is 13.4. The molecule has 0 bridgehead atoms. The van der Waals surface area contributed by atoms with Crippen LogP contribution in [-0.4, -0.2) is 44.1 Å². The lowest BCUT2D eigenvalue weighted by Crippen LogP contribution is -2.40. The minimum absolute atomic E-state index is 0.0641. The first-order valence-electron chi connectivity index (χ1n) is 12.1. The summed E-state index contributed by atoms with van der Waals surface area (Å²) < 4.78 is 0. The summed E-state index contributed by atoms with van der Waals surface area (Å²) in [6, 6.07) is 8.14. The Morgan fingerprint density at radius 2 is 2.03 bits per heavy atom. The molecule has 0 aromatic carbocycles. The number of nitrogens with zero attached hydrogens (tertiary/aromatic N) is 4. The molecule has 5 rings (SSSR count). The Labute approximate surface area is 195 Å². The van der Waals surface area contributed by atoms with E-state index in [2.05, 4.69) is 26.6 Å². The molecule has 7 heteroatoms. The van der Waals surface area contributed by atoms with Gasteiger partial charge in [-0.05, 0) is 76.1 Å². The second kappa shape index (κ2) is 9.33. The maximum Gasteiger partial charge on any atom is 0.274 e. The average molecular weight is 445 g/mol. The average Bonchev–Trinajstić information content (AvgIpc) is 3.07. The molecule has 3 aromatic rings. The van der Waals surface area contributed by atoms with Crippen molar-refractivity contribution < 1.29 is 4.79 Å². The zero-order chi connectivity index (χ0) is 22.8. The van der Waals surface area contributed by atoms with Crippen molar-refractivity contribution >= 4 is 17.4 Å². The van der Waals surface area contributed by atoms with Gasteiger partial charge in [0.1, 0.15) is 5.82 Å². The first-order valence-corrected chi connectivity index (χ1v) is 12.1. The lowest BCUT2D eigenvalue weighted by Gasteiger charge is -2.32. The number of nitrogens with one attached hydrogen (secondary N) is 2. The van der Waals surface area contributed by atoms with Crippen LogP contribution < -0.4 is 5.32 Å². The van der Waals surface area contributed by atoms with Crippen LogP contribution in [0.15, 0.2) is 30.5 Å². The summed E-state index contributed by atoms with van der Waals surface area (Å²) in [7, 11) is 0. The van der Waals surface area contributed by atoms with Gasteiger partial charge in [-0.25, -0.2) is 4.98 Å². The SMILES string of the molecule is Cc1cc(Nc2ncccc2C)cc(C2CCCN(C(=O)c3n[nH]c4c3CCCCC4)C2)n1. The van der Waals surface area contributed by atoms with Crippen LogP contribution in [0.2, 0.25) is 0 Å². The molecule has 1 fully saturated rings. The number of hydrogen-bond donors (Lipinski definition) is 2. The number of carbonyl (C=O) groups excluding carboxylic acids is 1. The summed E-state index contributed by atoms with van der Waals surface area (Å²) in [6.45, 7) is 5.52. The summed E-state index contributed by atoms with van der Waals surface area (Å²) >= 11 is 0. The molecule has 2 N–H and O–H groups in total. The number of aromatic amines is 1. The summed E-state index contributed by atoms with van der Waals surface area (Å²) in [5.41, 5.74) is 7.02. The number of carbonyl (C=O) groups is 1. The highest BCUT2D eigenvalue weighted by Gasteiger charge is 2.30. The summed E-state index contributed by atoms with van der Waals surface area (Å²) in [5.74, 6) is 1.13. The lowest BCUT2D eigenvalue weighted by molar-refractivity contribution is 0.0698. The van der Waals surface area contributed by atoms with Crippen LogP contribution in [-0.2, 0) is 12.8 Å². The highest BCUT2D eigenvalue weighted by atomic mass is 16.2. The Morgan fingerprint density at radius 1 is 1.15 bits per heavy atom. The zero-order valence-corrected chi connectivity index (χ0v) is 19.5. The fourth-order valence-corrected chi connectivity index (χ4v) is 5.12. The van der Waals surface area contributed by atoms with E-state index in [1.54, 1.807) is 6.20 Å². The van der Waals surface area contributed by atoms with E-state index in [1.165, 1.54) is 12.8 Å². The van der Waals surface area contributed by atoms with Crippen molar-refractivity contribution in [2.75, 3.05) is 18.4 Å². The molecule has 4 heterocycles. The summed E-state index contributed by atoms with van der Waals surface area (Å²) in [4.78, 5) is 24.7. The van der Waals surface area contributed by atoms with Gasteiger partial charge in [0.2, 0.25) is 0 Å². The molecule has 1 amide bonds. The predicted molar refractivity (Wildman–Crippen MR) is 129 cm³/mol. The first-order chi connectivity index (χ1) is 16.1. The molecule has 0 saturated carbocycles. The number of anilines is 2. The molecule has 33 heavy (non-hydrogen) atoms. The van der Waals surface area contributed by atoms with E-state index >= 15 is 0 Å². The van der Waals surface area contributed by atoms with Crippen LogP contribution in [0.1, 0.15) is 76.7 Å². The normalized spacial score (nSPS) is 18.5. The molecule has 7 nitrogen and oxygen atoms in total. The number of aryl methyl sites for hydroxylation is 3. The molecule has 1 aliphatic carbocycles. The van der Waals surface area contributed by atoms with Crippen molar-refractivity contribution in [3.8, 4) is 0 Å². The molecule has 1 aliphatic heterocycles. The highest BCUT2D eigenvalue weighted by molar-refractivity contribution is 5.94. The topological polar surface area (TPSA) is 86.8 Å². The standard InChI is InChI=1S/C26H32N6O/c1-17-8-6-12-27-25(17)29-20-14-18(2)28-23(15-20)19-9-7-13-32(16-19)26(33)24-21-10-4-3-5-11-22(21)30-31-24/h6,8,12,14-15,19H,3-5,7,9-11,13,16H2,1-2H3,(H,30,31)(H,27,28,29). The van der Waals surface area contributed by atoms with Crippen LogP contribution in [0.4, 0.5) is 11.5 Å². The third kappa shape index (κ3) is 4.63. The van der Waals surface area contributed by atoms with Gasteiger partial charge in [-0.1, -0.05) is 12.5 Å². The Morgan fingerprint density at radius 3 is 2.91 bits per heavy atom. The van der Waals surface area contributed by atoms with Gasteiger partial charge in [0.15, 0.2) is 5.69 Å². The number of amides is 1. The zero-order valence-electron chi connectivity index (χ0n) is 19.5. The molecular weight excluding hydrogens is 412 g/mol. The number of H-pyrrole nitrogens is 1. The Kier molecular flexibility index (Phi) is 6.11. The monoisotopic (exact) mass is 444 g/mol. The number of hydrogen-bond acceptors (Lipinski definition) is 5. The lowest BCUT2D eigenvalue weighted by atomic mass is 9.93. The van der Waals surface area contributed by atoms with E-state index in [1.807, 2.05) is 36.9 Å². The third-order valence-electron chi connectivity index (χ3n) is 6.88. The number of fused-ring (bicyclic) bond motifs is 1. The second-order valence-corrected chi connectivity index (χ2v) is 9.40. The van der Waals surface area contributed by atoms with Gasteiger partial charge < -0.3 is 10.2 Å². The smallest absolute Gasteiger partial charge is 0.274 e. The van der Waals surface area contributed by atoms with E-state index in [-0.39, 0.29) is 11.8 Å². The van der Waals surface area contributed by atoms with E-state index in [4.69, 9.17) is 4.98 Å². The fraction of sp³-hybridized carbons (Fsp3) is 0.462. The molecule has 3 aromatic heterocycles. The quantitative estimate of drug-likeness (QED) is 0.562. The number of likely N-dealkylation sites (tertiary alicyclic amines) is 1. The van der Waals surface area contributed by atoms with Gasteiger partial charge in [0.05, 0.1) is 0 Å². The maximum absolute atomic E-state index is 13.4. The Balaban J connectivity index is 1.35. The van der Waals surface area contributed by atoms with E-state index < -0.39 is 0 Å². The van der Waals surface area contributed by atoms with E-state index in [0.29, 0.717) is 12.2 Å². The minimum Gasteiger partial charge on any atom is -0.340 e. The minimum atomic E-state index is 0.0641. The highest BCUT2D eigenvalue weighted by Crippen LogP contribution is 2.30. The first kappa shape index (κ1) is 21.6. The number of rotatable bonds is 4. The van der Waals surface area contributed by atoms with Crippen molar-refractivity contribution in [1.29, 1.82) is 0 Å². The molecule has 0 spiro atoms. The Hall–Kier alpha value is -3.22. The van der Waals surface area contributed by atoms with Gasteiger partial charge in [-0.2, -0.15) is 5.10 Å². The largest absolute Gasteiger partial charge is 0.340 e. The number of pyridine rings is 2. The van der Waals surface area contributed by atoms with Crippen molar-refractivity contribution in [2.24, 2.45) is 0 Å². The van der Waals surface area contributed by atoms with Gasteiger partial charge >= 0.3 is 0 Å². The molecule has 1 atom stereocenters. The molecule has 1 unspecified atom stereocenters. The fourth-order valence-electron chi connectivity index (χ4n) is 5.12. The van der Waals surface area contributed by atoms with E-state index in [9.17, 15) is 4.79 Å². The van der Waals surface area contributed by atoms with Crippen LogP contribution in [0.25, 0.3) is 0 Å². The van der Waals surface area contributed by atoms with Crippen molar-refractivity contribution in [1.82, 2.24) is 25.1 Å².